The van der Waals surface area contributed by atoms with Gasteiger partial charge in [0, 0.05) is 19.5 Å². The van der Waals surface area contributed by atoms with Gasteiger partial charge in [0.25, 0.3) is 0 Å². The van der Waals surface area contributed by atoms with Gasteiger partial charge in [0.1, 0.15) is 6.04 Å². The number of aliphatic carboxylic acids is 2. The van der Waals surface area contributed by atoms with Crippen molar-refractivity contribution in [3.8, 4) is 0 Å². The molecule has 0 saturated heterocycles. The second kappa shape index (κ2) is 12.7. The average Bonchev–Trinajstić information content (AvgIpc) is 2.29. The van der Waals surface area contributed by atoms with Crippen LogP contribution in [0.4, 0.5) is 0 Å². The molecule has 9 heteroatoms. The van der Waals surface area contributed by atoms with E-state index < -0.39 is 23.9 Å². The number of primary amides is 1. The summed E-state index contributed by atoms with van der Waals surface area (Å²) in [5.74, 6) is -2.29. The van der Waals surface area contributed by atoms with Gasteiger partial charge in [-0.2, -0.15) is 0 Å². The third kappa shape index (κ3) is 16.3. The fraction of sp³-hybridized carbons (Fsp3) is 0.700. The molecule has 0 aliphatic heterocycles. The van der Waals surface area contributed by atoms with Crippen LogP contribution in [0.25, 0.3) is 0 Å². The quantitative estimate of drug-likeness (QED) is 0.252. The van der Waals surface area contributed by atoms with Crippen LogP contribution in [0.15, 0.2) is 0 Å². The van der Waals surface area contributed by atoms with Crippen LogP contribution in [-0.2, 0) is 14.4 Å². The molecule has 8 N–H and O–H groups in total. The van der Waals surface area contributed by atoms with Crippen LogP contribution in [-0.4, -0.2) is 60.8 Å². The number of likely N-dealkylation sites (N-methyl/N-ethyl adjacent to an activating group) is 1. The molecule has 0 saturated carbocycles. The maximum Gasteiger partial charge on any atom is 0.320 e. The van der Waals surface area contributed by atoms with Crippen LogP contribution < -0.4 is 22.1 Å². The van der Waals surface area contributed by atoms with Crippen molar-refractivity contribution in [3.63, 3.8) is 0 Å². The summed E-state index contributed by atoms with van der Waals surface area (Å²) in [5, 5.41) is 21.7. The van der Waals surface area contributed by atoms with Crippen molar-refractivity contribution in [1.82, 2.24) is 10.6 Å². The Labute approximate surface area is 111 Å². The van der Waals surface area contributed by atoms with Crippen molar-refractivity contribution >= 4 is 17.8 Å². The molecule has 112 valence electrons. The maximum absolute atomic E-state index is 10.3. The SMILES string of the molecule is CN[C@@H](CCC(N)=O)C(=O)O.NCCNCC(=O)O. The molecule has 0 aliphatic rings. The maximum atomic E-state index is 10.3. The van der Waals surface area contributed by atoms with E-state index in [1.165, 1.54) is 7.05 Å². The molecule has 0 aromatic rings. The zero-order valence-electron chi connectivity index (χ0n) is 10.9. The van der Waals surface area contributed by atoms with Gasteiger partial charge in [-0.15, -0.1) is 0 Å². The number of hydrogen-bond donors (Lipinski definition) is 6. The van der Waals surface area contributed by atoms with Gasteiger partial charge in [0.15, 0.2) is 0 Å². The van der Waals surface area contributed by atoms with Crippen molar-refractivity contribution in [1.29, 1.82) is 0 Å². The van der Waals surface area contributed by atoms with Gasteiger partial charge in [0.05, 0.1) is 6.54 Å². The van der Waals surface area contributed by atoms with Gasteiger partial charge in [0.2, 0.25) is 5.91 Å². The van der Waals surface area contributed by atoms with E-state index in [4.69, 9.17) is 21.7 Å². The largest absolute Gasteiger partial charge is 0.480 e. The lowest BCUT2D eigenvalue weighted by Gasteiger charge is -2.08. The van der Waals surface area contributed by atoms with Crippen LogP contribution in [0.5, 0.6) is 0 Å². The summed E-state index contributed by atoms with van der Waals surface area (Å²) in [6, 6.07) is -0.678. The standard InChI is InChI=1S/C6H12N2O3.C4H10N2O2/c1-8-4(6(10)11)2-3-5(7)9;5-1-2-6-3-4(7)8/h4,8H,2-3H2,1H3,(H2,7,9)(H,10,11);6H,1-3,5H2,(H,7,8)/t4-;/m0./s1. The second-order valence-corrected chi connectivity index (χ2v) is 3.54. The summed E-state index contributed by atoms with van der Waals surface area (Å²) in [7, 11) is 1.53. The number of amides is 1. The number of carbonyl (C=O) groups excluding carboxylic acids is 1. The number of carbonyl (C=O) groups is 3. The normalized spacial score (nSPS) is 11.1. The highest BCUT2D eigenvalue weighted by atomic mass is 16.4. The molecule has 19 heavy (non-hydrogen) atoms. The smallest absolute Gasteiger partial charge is 0.320 e. The Morgan fingerprint density at radius 1 is 1.26 bits per heavy atom. The number of hydrogen-bond acceptors (Lipinski definition) is 6. The Morgan fingerprint density at radius 2 is 1.84 bits per heavy atom. The van der Waals surface area contributed by atoms with E-state index in [1.807, 2.05) is 0 Å². The molecule has 0 fully saturated rings. The Bertz CT molecular complexity index is 285. The van der Waals surface area contributed by atoms with E-state index in [9.17, 15) is 14.4 Å². The molecule has 0 aliphatic carbocycles. The number of nitrogens with one attached hydrogen (secondary N) is 2. The number of carboxylic acids is 2. The minimum Gasteiger partial charge on any atom is -0.480 e. The van der Waals surface area contributed by atoms with Crippen LogP contribution in [0.1, 0.15) is 12.8 Å². The van der Waals surface area contributed by atoms with E-state index in [-0.39, 0.29) is 19.4 Å². The van der Waals surface area contributed by atoms with Crippen molar-refractivity contribution in [3.05, 3.63) is 0 Å². The van der Waals surface area contributed by atoms with Gasteiger partial charge in [-0.05, 0) is 13.5 Å². The number of carboxylic acid groups (broad SMARTS) is 2. The molecule has 0 spiro atoms. The van der Waals surface area contributed by atoms with Crippen molar-refractivity contribution in [2.24, 2.45) is 11.5 Å². The zero-order valence-corrected chi connectivity index (χ0v) is 10.9. The first kappa shape index (κ1) is 19.6. The van der Waals surface area contributed by atoms with Gasteiger partial charge < -0.3 is 32.3 Å². The van der Waals surface area contributed by atoms with E-state index in [0.717, 1.165) is 0 Å². The highest BCUT2D eigenvalue weighted by Crippen LogP contribution is 1.95. The van der Waals surface area contributed by atoms with Crippen LogP contribution in [0.3, 0.4) is 0 Å². The highest BCUT2D eigenvalue weighted by Gasteiger charge is 2.14. The zero-order chi connectivity index (χ0) is 15.3. The molecule has 0 aromatic carbocycles. The minimum absolute atomic E-state index is 0.00278. The lowest BCUT2D eigenvalue weighted by molar-refractivity contribution is -0.139. The van der Waals surface area contributed by atoms with Crippen molar-refractivity contribution in [2.45, 2.75) is 18.9 Å². The predicted molar refractivity (Wildman–Crippen MR) is 68.5 cm³/mol. The third-order valence-corrected chi connectivity index (χ3v) is 1.92. The monoisotopic (exact) mass is 278 g/mol. The average molecular weight is 278 g/mol. The summed E-state index contributed by atoms with van der Waals surface area (Å²) in [6.07, 6.45) is 0.332. The molecule has 0 radical (unpaired) electrons. The first-order valence-corrected chi connectivity index (χ1v) is 5.66. The molecule has 9 nitrogen and oxygen atoms in total. The lowest BCUT2D eigenvalue weighted by atomic mass is 10.1. The molecule has 0 heterocycles. The van der Waals surface area contributed by atoms with Gasteiger partial charge in [-0.3, -0.25) is 14.4 Å². The Hall–Kier alpha value is -1.71. The summed E-state index contributed by atoms with van der Waals surface area (Å²) in [6.45, 7) is 1.04. The van der Waals surface area contributed by atoms with Crippen LogP contribution >= 0.6 is 0 Å². The molecule has 0 rings (SSSR count). The fourth-order valence-electron chi connectivity index (χ4n) is 0.975. The van der Waals surface area contributed by atoms with Crippen LogP contribution in [0.2, 0.25) is 0 Å². The minimum atomic E-state index is -0.964. The Kier molecular flexibility index (Phi) is 13.2. The predicted octanol–water partition coefficient (Wildman–Crippen LogP) is -2.46. The summed E-state index contributed by atoms with van der Waals surface area (Å²) >= 11 is 0. The first-order valence-electron chi connectivity index (χ1n) is 5.66. The molecule has 0 bridgehead atoms. The molecule has 0 aromatic heterocycles. The number of rotatable bonds is 9. The molecular weight excluding hydrogens is 256 g/mol. The van der Waals surface area contributed by atoms with Crippen LogP contribution in [0, 0.1) is 0 Å². The Balaban J connectivity index is 0. The van der Waals surface area contributed by atoms with Crippen molar-refractivity contribution < 1.29 is 24.6 Å². The van der Waals surface area contributed by atoms with Crippen molar-refractivity contribution in [2.75, 3.05) is 26.7 Å². The second-order valence-electron chi connectivity index (χ2n) is 3.54. The lowest BCUT2D eigenvalue weighted by Crippen LogP contribution is -2.34. The van der Waals surface area contributed by atoms with Gasteiger partial charge in [-0.1, -0.05) is 0 Å². The molecular formula is C10H22N4O5. The van der Waals surface area contributed by atoms with E-state index in [0.29, 0.717) is 13.1 Å². The summed E-state index contributed by atoms with van der Waals surface area (Å²) in [4.78, 5) is 30.3. The van der Waals surface area contributed by atoms with Gasteiger partial charge >= 0.3 is 11.9 Å². The summed E-state index contributed by atoms with van der Waals surface area (Å²) in [5.41, 5.74) is 9.90. The molecule has 1 atom stereocenters. The van der Waals surface area contributed by atoms with E-state index in [1.54, 1.807) is 0 Å². The first-order chi connectivity index (χ1) is 8.84. The van der Waals surface area contributed by atoms with E-state index >= 15 is 0 Å². The van der Waals surface area contributed by atoms with E-state index in [2.05, 4.69) is 10.6 Å². The topological polar surface area (TPSA) is 168 Å². The molecule has 1 amide bonds. The third-order valence-electron chi connectivity index (χ3n) is 1.92. The Morgan fingerprint density at radius 3 is 2.16 bits per heavy atom. The van der Waals surface area contributed by atoms with Gasteiger partial charge in [-0.25, -0.2) is 0 Å². The fourth-order valence-corrected chi connectivity index (χ4v) is 0.975. The highest BCUT2D eigenvalue weighted by molar-refractivity contribution is 5.77. The molecule has 0 unspecified atom stereocenters. The summed E-state index contributed by atoms with van der Waals surface area (Å²) < 4.78 is 0. The number of nitrogens with two attached hydrogens (primary N) is 2.